The quantitative estimate of drug-likeness (QED) is 0.374. The summed E-state index contributed by atoms with van der Waals surface area (Å²) in [6.07, 6.45) is 4.02. The van der Waals surface area contributed by atoms with Gasteiger partial charge in [-0.2, -0.15) is 0 Å². The lowest BCUT2D eigenvalue weighted by Gasteiger charge is -2.08. The molecule has 5 nitrogen and oxygen atoms in total. The number of nitrogens with zero attached hydrogens (tertiary/aromatic N) is 2. The first kappa shape index (κ1) is 21.3. The van der Waals surface area contributed by atoms with Crippen LogP contribution in [0.5, 0.6) is 0 Å². The van der Waals surface area contributed by atoms with Crippen molar-refractivity contribution in [1.82, 2.24) is 14.7 Å². The predicted octanol–water partition coefficient (Wildman–Crippen LogP) is 5.11. The zero-order valence-corrected chi connectivity index (χ0v) is 19.2. The molecule has 0 bridgehead atoms. The van der Waals surface area contributed by atoms with E-state index in [-0.39, 0.29) is 0 Å². The Kier molecular flexibility index (Phi) is 6.18. The van der Waals surface area contributed by atoms with Gasteiger partial charge in [0.25, 0.3) is 0 Å². The number of rotatable bonds is 7. The van der Waals surface area contributed by atoms with Crippen molar-refractivity contribution in [3.63, 3.8) is 0 Å². The molecule has 0 fully saturated rings. The summed E-state index contributed by atoms with van der Waals surface area (Å²) in [7, 11) is -3.23. The molecule has 0 aliphatic rings. The van der Waals surface area contributed by atoms with E-state index in [1.54, 1.807) is 23.5 Å². The third kappa shape index (κ3) is 4.55. The molecule has 156 valence electrons. The summed E-state index contributed by atoms with van der Waals surface area (Å²) in [5.74, 6) is 0. The molecule has 1 N–H and O–H groups in total. The van der Waals surface area contributed by atoms with E-state index in [1.807, 2.05) is 41.9 Å². The minimum Gasteiger partial charge on any atom is -0.311 e. The van der Waals surface area contributed by atoms with Crippen molar-refractivity contribution in [2.75, 3.05) is 12.8 Å². The van der Waals surface area contributed by atoms with Crippen LogP contribution < -0.4 is 5.32 Å². The highest BCUT2D eigenvalue weighted by atomic mass is 35.5. The van der Waals surface area contributed by atoms with Crippen molar-refractivity contribution < 1.29 is 8.42 Å². The molecule has 0 aliphatic carbocycles. The Bertz CT molecular complexity index is 1300. The molecule has 0 saturated carbocycles. The highest BCUT2D eigenvalue weighted by molar-refractivity contribution is 7.90. The maximum absolute atomic E-state index is 11.7. The Morgan fingerprint density at radius 3 is 2.57 bits per heavy atom. The fourth-order valence-electron chi connectivity index (χ4n) is 3.23. The number of imidazole rings is 1. The number of sulfone groups is 1. The number of benzene rings is 2. The second-order valence-corrected chi connectivity index (χ2v) is 10.6. The van der Waals surface area contributed by atoms with E-state index in [4.69, 9.17) is 28.2 Å². The van der Waals surface area contributed by atoms with Crippen LogP contribution in [0.2, 0.25) is 10.0 Å². The average molecular weight is 480 g/mol. The molecule has 30 heavy (non-hydrogen) atoms. The summed E-state index contributed by atoms with van der Waals surface area (Å²) in [5, 5.41) is 6.58. The van der Waals surface area contributed by atoms with Gasteiger partial charge in [-0.25, -0.2) is 13.4 Å². The fraction of sp³-hybridized carbons (Fsp3) is 0.190. The van der Waals surface area contributed by atoms with E-state index in [9.17, 15) is 8.42 Å². The van der Waals surface area contributed by atoms with Crippen LogP contribution in [0.4, 0.5) is 0 Å². The fourth-order valence-corrected chi connectivity index (χ4v) is 4.91. The van der Waals surface area contributed by atoms with Crippen LogP contribution >= 0.6 is 34.5 Å². The lowest BCUT2D eigenvalue weighted by molar-refractivity contribution is 0.602. The summed E-state index contributed by atoms with van der Waals surface area (Å²) >= 11 is 13.6. The summed E-state index contributed by atoms with van der Waals surface area (Å²) < 4.78 is 25.5. The summed E-state index contributed by atoms with van der Waals surface area (Å²) in [4.78, 5) is 5.95. The Morgan fingerprint density at radius 1 is 1.10 bits per heavy atom. The Morgan fingerprint density at radius 2 is 1.87 bits per heavy atom. The van der Waals surface area contributed by atoms with Gasteiger partial charge in [-0.05, 0) is 42.8 Å². The molecule has 0 unspecified atom stereocenters. The SMILES string of the molecule is CS(=O)(=O)c1ccc(-c2nc3sccn3c2CNCCc2ccc(Cl)c(Cl)c2)cc1. The molecule has 0 atom stereocenters. The van der Waals surface area contributed by atoms with Gasteiger partial charge in [0.2, 0.25) is 0 Å². The largest absolute Gasteiger partial charge is 0.311 e. The van der Waals surface area contributed by atoms with Crippen molar-refractivity contribution in [2.24, 2.45) is 0 Å². The van der Waals surface area contributed by atoms with Crippen LogP contribution in [-0.2, 0) is 22.8 Å². The summed E-state index contributed by atoms with van der Waals surface area (Å²) in [5.41, 5.74) is 3.89. The molecular formula is C21H19Cl2N3O2S2. The Balaban J connectivity index is 1.52. The number of nitrogens with one attached hydrogen (secondary N) is 1. The van der Waals surface area contributed by atoms with Crippen molar-refractivity contribution >= 4 is 49.3 Å². The van der Waals surface area contributed by atoms with Crippen molar-refractivity contribution in [3.8, 4) is 11.3 Å². The van der Waals surface area contributed by atoms with E-state index in [1.165, 1.54) is 6.26 Å². The number of hydrogen-bond donors (Lipinski definition) is 1. The molecule has 9 heteroatoms. The third-order valence-corrected chi connectivity index (χ3v) is 7.41. The van der Waals surface area contributed by atoms with Gasteiger partial charge in [0.1, 0.15) is 0 Å². The second kappa shape index (κ2) is 8.69. The molecule has 4 rings (SSSR count). The molecule has 2 aromatic carbocycles. The van der Waals surface area contributed by atoms with Crippen LogP contribution in [0.1, 0.15) is 11.3 Å². The lowest BCUT2D eigenvalue weighted by atomic mass is 10.1. The molecule has 0 amide bonds. The van der Waals surface area contributed by atoms with Gasteiger partial charge >= 0.3 is 0 Å². The van der Waals surface area contributed by atoms with Crippen LogP contribution in [0.25, 0.3) is 16.2 Å². The minimum atomic E-state index is -3.23. The van der Waals surface area contributed by atoms with Crippen molar-refractivity contribution in [1.29, 1.82) is 0 Å². The van der Waals surface area contributed by atoms with Gasteiger partial charge in [0.05, 0.1) is 26.3 Å². The number of fused-ring (bicyclic) bond motifs is 1. The summed E-state index contributed by atoms with van der Waals surface area (Å²) in [6.45, 7) is 1.39. The minimum absolute atomic E-state index is 0.300. The predicted molar refractivity (Wildman–Crippen MR) is 123 cm³/mol. The van der Waals surface area contributed by atoms with Crippen LogP contribution in [0.3, 0.4) is 0 Å². The number of thiazole rings is 1. The van der Waals surface area contributed by atoms with Gasteiger partial charge in [-0.3, -0.25) is 4.40 Å². The summed E-state index contributed by atoms with van der Waals surface area (Å²) in [6, 6.07) is 12.5. The standard InChI is InChI=1S/C21H19Cl2N3O2S2/c1-30(27,28)16-5-3-15(4-6-16)20-19(26-10-11-29-21(26)25-20)13-24-9-8-14-2-7-17(22)18(23)12-14/h2-7,10-12,24H,8-9,13H2,1H3. The monoisotopic (exact) mass is 479 g/mol. The zero-order chi connectivity index (χ0) is 21.3. The molecular weight excluding hydrogens is 461 g/mol. The highest BCUT2D eigenvalue weighted by Crippen LogP contribution is 2.28. The molecule has 0 spiro atoms. The molecule has 2 aromatic heterocycles. The van der Waals surface area contributed by atoms with E-state index < -0.39 is 9.84 Å². The molecule has 4 aromatic rings. The van der Waals surface area contributed by atoms with E-state index in [0.717, 1.165) is 40.4 Å². The van der Waals surface area contributed by atoms with Crippen LogP contribution in [-0.4, -0.2) is 30.6 Å². The smallest absolute Gasteiger partial charge is 0.194 e. The van der Waals surface area contributed by atoms with E-state index in [2.05, 4.69) is 9.72 Å². The van der Waals surface area contributed by atoms with Gasteiger partial charge in [-0.1, -0.05) is 41.4 Å². The molecule has 0 saturated heterocycles. The molecule has 0 radical (unpaired) electrons. The van der Waals surface area contributed by atoms with Crippen molar-refractivity contribution in [2.45, 2.75) is 17.9 Å². The maximum atomic E-state index is 11.7. The zero-order valence-electron chi connectivity index (χ0n) is 16.1. The molecule has 0 aliphatic heterocycles. The number of hydrogen-bond acceptors (Lipinski definition) is 5. The van der Waals surface area contributed by atoms with E-state index in [0.29, 0.717) is 21.5 Å². The first-order chi connectivity index (χ1) is 14.3. The third-order valence-electron chi connectivity index (χ3n) is 4.78. The second-order valence-electron chi connectivity index (χ2n) is 6.93. The first-order valence-electron chi connectivity index (χ1n) is 9.22. The van der Waals surface area contributed by atoms with Gasteiger partial charge in [-0.15, -0.1) is 11.3 Å². The van der Waals surface area contributed by atoms with Gasteiger partial charge in [0.15, 0.2) is 14.8 Å². The Labute approximate surface area is 189 Å². The topological polar surface area (TPSA) is 63.5 Å². The average Bonchev–Trinajstić information content (AvgIpc) is 3.29. The Hall–Kier alpha value is -1.90. The molecule has 2 heterocycles. The van der Waals surface area contributed by atoms with Crippen LogP contribution in [0, 0.1) is 0 Å². The van der Waals surface area contributed by atoms with Crippen molar-refractivity contribution in [3.05, 3.63) is 75.3 Å². The maximum Gasteiger partial charge on any atom is 0.194 e. The number of aromatic nitrogens is 2. The van der Waals surface area contributed by atoms with E-state index >= 15 is 0 Å². The lowest BCUT2D eigenvalue weighted by Crippen LogP contribution is -2.18. The first-order valence-corrected chi connectivity index (χ1v) is 12.8. The van der Waals surface area contributed by atoms with Crippen LogP contribution in [0.15, 0.2) is 58.9 Å². The van der Waals surface area contributed by atoms with Gasteiger partial charge < -0.3 is 5.32 Å². The highest BCUT2D eigenvalue weighted by Gasteiger charge is 2.16. The number of halogens is 2. The normalized spacial score (nSPS) is 12.0. The van der Waals surface area contributed by atoms with Gasteiger partial charge in [0, 0.05) is 29.9 Å².